The van der Waals surface area contributed by atoms with Gasteiger partial charge < -0.3 is 10.2 Å². The molecule has 1 aromatic rings. The van der Waals surface area contributed by atoms with Crippen molar-refractivity contribution >= 4 is 17.3 Å². The summed E-state index contributed by atoms with van der Waals surface area (Å²) in [7, 11) is 2.20. The van der Waals surface area contributed by atoms with Gasteiger partial charge in [-0.1, -0.05) is 30.7 Å². The molecule has 0 radical (unpaired) electrons. The van der Waals surface area contributed by atoms with E-state index in [9.17, 15) is 0 Å². The zero-order chi connectivity index (χ0) is 14.8. The molecule has 2 rings (SSSR count). The van der Waals surface area contributed by atoms with Gasteiger partial charge in [-0.3, -0.25) is 4.90 Å². The van der Waals surface area contributed by atoms with Crippen molar-refractivity contribution < 1.29 is 0 Å². The second kappa shape index (κ2) is 6.33. The summed E-state index contributed by atoms with van der Waals surface area (Å²) in [6, 6.07) is 6.21. The zero-order valence-corrected chi connectivity index (χ0v) is 13.8. The van der Waals surface area contributed by atoms with Crippen LogP contribution in [0.2, 0.25) is 5.02 Å². The summed E-state index contributed by atoms with van der Waals surface area (Å²) >= 11 is 6.49. The van der Waals surface area contributed by atoms with Gasteiger partial charge in [0.1, 0.15) is 0 Å². The van der Waals surface area contributed by atoms with Gasteiger partial charge in [0.15, 0.2) is 0 Å². The van der Waals surface area contributed by atoms with Crippen LogP contribution in [0.5, 0.6) is 0 Å². The Hall–Kier alpha value is -0.770. The largest absolute Gasteiger partial charge is 0.367 e. The molecule has 0 saturated carbocycles. The Balaban J connectivity index is 2.27. The SMILES string of the molecule is CCNCc1cccc(Cl)c1N1CCN(C)C(C)(C)C1. The highest BCUT2D eigenvalue weighted by Gasteiger charge is 2.32. The molecular weight excluding hydrogens is 270 g/mol. The van der Waals surface area contributed by atoms with Gasteiger partial charge in [-0.05, 0) is 39.1 Å². The first-order chi connectivity index (χ1) is 9.45. The second-order valence-corrected chi connectivity index (χ2v) is 6.59. The van der Waals surface area contributed by atoms with Gasteiger partial charge in [0.25, 0.3) is 0 Å². The number of halogens is 1. The fraction of sp³-hybridized carbons (Fsp3) is 0.625. The second-order valence-electron chi connectivity index (χ2n) is 6.18. The smallest absolute Gasteiger partial charge is 0.0642 e. The monoisotopic (exact) mass is 295 g/mol. The molecule has 0 aromatic heterocycles. The predicted octanol–water partition coefficient (Wildman–Crippen LogP) is 2.98. The van der Waals surface area contributed by atoms with E-state index in [-0.39, 0.29) is 5.54 Å². The molecule has 0 bridgehead atoms. The van der Waals surface area contributed by atoms with Crippen molar-refractivity contribution in [1.82, 2.24) is 10.2 Å². The van der Waals surface area contributed by atoms with Crippen LogP contribution in [0.15, 0.2) is 18.2 Å². The van der Waals surface area contributed by atoms with E-state index in [2.05, 4.69) is 49.0 Å². The Bertz CT molecular complexity index is 459. The van der Waals surface area contributed by atoms with Gasteiger partial charge in [-0.15, -0.1) is 0 Å². The number of hydrogen-bond donors (Lipinski definition) is 1. The number of anilines is 1. The topological polar surface area (TPSA) is 18.5 Å². The average Bonchev–Trinajstić information content (AvgIpc) is 2.39. The molecule has 112 valence electrons. The van der Waals surface area contributed by atoms with Crippen molar-refractivity contribution in [3.8, 4) is 0 Å². The summed E-state index contributed by atoms with van der Waals surface area (Å²) in [5.74, 6) is 0. The van der Waals surface area contributed by atoms with Gasteiger partial charge in [0.2, 0.25) is 0 Å². The molecule has 1 N–H and O–H groups in total. The number of likely N-dealkylation sites (N-methyl/N-ethyl adjacent to an activating group) is 1. The highest BCUT2D eigenvalue weighted by molar-refractivity contribution is 6.33. The molecule has 0 aliphatic carbocycles. The van der Waals surface area contributed by atoms with Crippen LogP contribution in [-0.4, -0.2) is 43.7 Å². The number of rotatable bonds is 4. The molecule has 0 spiro atoms. The number of nitrogens with one attached hydrogen (secondary N) is 1. The Morgan fingerprint density at radius 1 is 1.30 bits per heavy atom. The maximum Gasteiger partial charge on any atom is 0.0642 e. The third-order valence-electron chi connectivity index (χ3n) is 4.27. The van der Waals surface area contributed by atoms with E-state index in [1.165, 1.54) is 11.3 Å². The molecule has 0 unspecified atom stereocenters. The Kier molecular flexibility index (Phi) is 4.95. The Labute approximate surface area is 127 Å². The minimum atomic E-state index is 0.173. The van der Waals surface area contributed by atoms with Gasteiger partial charge in [0.05, 0.1) is 10.7 Å². The van der Waals surface area contributed by atoms with Crippen LogP contribution in [-0.2, 0) is 6.54 Å². The number of hydrogen-bond acceptors (Lipinski definition) is 3. The summed E-state index contributed by atoms with van der Waals surface area (Å²) in [5, 5.41) is 4.27. The Morgan fingerprint density at radius 2 is 2.05 bits per heavy atom. The van der Waals surface area contributed by atoms with E-state index < -0.39 is 0 Å². The fourth-order valence-electron chi connectivity index (χ4n) is 2.75. The number of para-hydroxylation sites is 1. The molecular formula is C16H26ClN3. The van der Waals surface area contributed by atoms with E-state index in [0.717, 1.165) is 37.7 Å². The first-order valence-corrected chi connectivity index (χ1v) is 7.78. The van der Waals surface area contributed by atoms with E-state index in [0.29, 0.717) is 0 Å². The van der Waals surface area contributed by atoms with Gasteiger partial charge >= 0.3 is 0 Å². The molecule has 20 heavy (non-hydrogen) atoms. The number of nitrogens with zero attached hydrogens (tertiary/aromatic N) is 2. The third-order valence-corrected chi connectivity index (χ3v) is 4.57. The third kappa shape index (κ3) is 3.27. The molecule has 4 heteroatoms. The summed E-state index contributed by atoms with van der Waals surface area (Å²) < 4.78 is 0. The lowest BCUT2D eigenvalue weighted by molar-refractivity contribution is 0.139. The van der Waals surface area contributed by atoms with Gasteiger partial charge in [0, 0.05) is 31.7 Å². The predicted molar refractivity (Wildman–Crippen MR) is 87.8 cm³/mol. The lowest BCUT2D eigenvalue weighted by Gasteiger charge is -2.47. The minimum absolute atomic E-state index is 0.173. The van der Waals surface area contributed by atoms with E-state index in [4.69, 9.17) is 11.6 Å². The minimum Gasteiger partial charge on any atom is -0.367 e. The van der Waals surface area contributed by atoms with Crippen molar-refractivity contribution in [3.63, 3.8) is 0 Å². The first kappa shape index (κ1) is 15.6. The van der Waals surface area contributed by atoms with Crippen LogP contribution in [0.4, 0.5) is 5.69 Å². The molecule has 1 aliphatic heterocycles. The van der Waals surface area contributed by atoms with E-state index in [1.54, 1.807) is 0 Å². The van der Waals surface area contributed by atoms with Crippen molar-refractivity contribution in [2.24, 2.45) is 0 Å². The highest BCUT2D eigenvalue weighted by atomic mass is 35.5. The lowest BCUT2D eigenvalue weighted by atomic mass is 9.98. The summed E-state index contributed by atoms with van der Waals surface area (Å²) in [6.45, 7) is 11.7. The van der Waals surface area contributed by atoms with Crippen molar-refractivity contribution in [2.45, 2.75) is 32.9 Å². The normalized spacial score (nSPS) is 19.4. The van der Waals surface area contributed by atoms with Crippen LogP contribution in [0.3, 0.4) is 0 Å². The van der Waals surface area contributed by atoms with Crippen LogP contribution in [0.1, 0.15) is 26.3 Å². The molecule has 1 fully saturated rings. The van der Waals surface area contributed by atoms with E-state index in [1.807, 2.05) is 12.1 Å². The zero-order valence-electron chi connectivity index (χ0n) is 13.0. The van der Waals surface area contributed by atoms with Gasteiger partial charge in [-0.25, -0.2) is 0 Å². The van der Waals surface area contributed by atoms with E-state index >= 15 is 0 Å². The molecule has 1 saturated heterocycles. The number of piperazine rings is 1. The number of benzene rings is 1. The molecule has 0 amide bonds. The maximum absolute atomic E-state index is 6.49. The molecule has 3 nitrogen and oxygen atoms in total. The summed E-state index contributed by atoms with van der Waals surface area (Å²) in [5.41, 5.74) is 2.67. The lowest BCUT2D eigenvalue weighted by Crippen LogP contribution is -2.58. The van der Waals surface area contributed by atoms with Crippen molar-refractivity contribution in [3.05, 3.63) is 28.8 Å². The standard InChI is InChI=1S/C16H26ClN3/c1-5-18-11-13-7-6-8-14(17)15(13)20-10-9-19(4)16(2,3)12-20/h6-8,18H,5,9-12H2,1-4H3. The van der Waals surface area contributed by atoms with Gasteiger partial charge in [-0.2, -0.15) is 0 Å². The first-order valence-electron chi connectivity index (χ1n) is 7.40. The molecule has 0 atom stereocenters. The molecule has 1 aliphatic rings. The molecule has 1 aromatic carbocycles. The molecule has 1 heterocycles. The average molecular weight is 296 g/mol. The van der Waals surface area contributed by atoms with Crippen LogP contribution in [0, 0.1) is 0 Å². The van der Waals surface area contributed by atoms with Crippen LogP contribution >= 0.6 is 11.6 Å². The highest BCUT2D eigenvalue weighted by Crippen LogP contribution is 2.33. The Morgan fingerprint density at radius 3 is 2.70 bits per heavy atom. The summed E-state index contributed by atoms with van der Waals surface area (Å²) in [4.78, 5) is 4.86. The van der Waals surface area contributed by atoms with Crippen LogP contribution < -0.4 is 10.2 Å². The van der Waals surface area contributed by atoms with Crippen LogP contribution in [0.25, 0.3) is 0 Å². The summed E-state index contributed by atoms with van der Waals surface area (Å²) in [6.07, 6.45) is 0. The fourth-order valence-corrected chi connectivity index (χ4v) is 3.06. The quantitative estimate of drug-likeness (QED) is 0.921. The van der Waals surface area contributed by atoms with Crippen molar-refractivity contribution in [2.75, 3.05) is 38.1 Å². The van der Waals surface area contributed by atoms with Crippen molar-refractivity contribution in [1.29, 1.82) is 0 Å². The maximum atomic E-state index is 6.49.